The van der Waals surface area contributed by atoms with E-state index in [-0.39, 0.29) is 17.4 Å². The van der Waals surface area contributed by atoms with Gasteiger partial charge >= 0.3 is 0 Å². The highest BCUT2D eigenvalue weighted by Gasteiger charge is 2.27. The number of hydrogen-bond acceptors (Lipinski definition) is 3. The Bertz CT molecular complexity index is 603. The largest absolute Gasteiger partial charge is 0.370 e. The number of guanidine groups is 1. The number of nitrogens with zero attached hydrogens (tertiary/aromatic N) is 1. The highest BCUT2D eigenvalue weighted by molar-refractivity contribution is 7.91. The van der Waals surface area contributed by atoms with Crippen molar-refractivity contribution in [3.63, 3.8) is 0 Å². The van der Waals surface area contributed by atoms with Gasteiger partial charge in [0.15, 0.2) is 15.8 Å². The molecule has 0 saturated carbocycles. The van der Waals surface area contributed by atoms with E-state index in [0.717, 1.165) is 16.8 Å². The Hall–Kier alpha value is -1.56. The molecule has 0 radical (unpaired) electrons. The first-order chi connectivity index (χ1) is 9.34. The molecular weight excluding hydrogens is 274 g/mol. The Kier molecular flexibility index (Phi) is 4.32. The van der Waals surface area contributed by atoms with E-state index in [9.17, 15) is 8.42 Å². The molecule has 1 unspecified atom stereocenters. The summed E-state index contributed by atoms with van der Waals surface area (Å²) in [5.41, 5.74) is 9.06. The van der Waals surface area contributed by atoms with Crippen LogP contribution in [0.1, 0.15) is 17.5 Å². The van der Waals surface area contributed by atoms with Gasteiger partial charge in [-0.15, -0.1) is 0 Å². The van der Waals surface area contributed by atoms with Crippen LogP contribution in [0.25, 0.3) is 0 Å². The average Bonchev–Trinajstić information content (AvgIpc) is 2.65. The molecule has 20 heavy (non-hydrogen) atoms. The summed E-state index contributed by atoms with van der Waals surface area (Å²) >= 11 is 0. The molecule has 0 bridgehead atoms. The topological polar surface area (TPSA) is 84.5 Å². The van der Waals surface area contributed by atoms with Crippen LogP contribution >= 0.6 is 0 Å². The van der Waals surface area contributed by atoms with Gasteiger partial charge in [0.05, 0.1) is 11.5 Å². The van der Waals surface area contributed by atoms with Crippen molar-refractivity contribution >= 4 is 21.5 Å². The monoisotopic (exact) mass is 295 g/mol. The summed E-state index contributed by atoms with van der Waals surface area (Å²) < 4.78 is 22.7. The minimum absolute atomic E-state index is 0.0968. The molecule has 2 rings (SSSR count). The van der Waals surface area contributed by atoms with Crippen molar-refractivity contribution in [2.45, 2.75) is 20.3 Å². The molecule has 1 aromatic rings. The Morgan fingerprint density at radius 3 is 2.55 bits per heavy atom. The maximum absolute atomic E-state index is 11.4. The normalized spacial score (nSPS) is 21.9. The zero-order valence-electron chi connectivity index (χ0n) is 11.9. The lowest BCUT2D eigenvalue weighted by Gasteiger charge is -2.09. The fourth-order valence-electron chi connectivity index (χ4n) is 2.48. The second-order valence-electron chi connectivity index (χ2n) is 5.50. The van der Waals surface area contributed by atoms with Crippen LogP contribution in [0.5, 0.6) is 0 Å². The molecule has 1 saturated heterocycles. The summed E-state index contributed by atoms with van der Waals surface area (Å²) in [6, 6.07) is 6.08. The Balaban J connectivity index is 1.94. The van der Waals surface area contributed by atoms with Crippen LogP contribution in [0.15, 0.2) is 23.2 Å². The standard InChI is InChI=1S/C14H21N3O2S/c1-10-5-11(2)7-13(6-10)17-14(15)16-8-12-3-4-20(18,19)9-12/h5-7,12H,3-4,8-9H2,1-2H3,(H3,15,16,17). The summed E-state index contributed by atoms with van der Waals surface area (Å²) in [4.78, 5) is 4.25. The van der Waals surface area contributed by atoms with Crippen molar-refractivity contribution in [1.82, 2.24) is 0 Å². The molecule has 0 aliphatic carbocycles. The van der Waals surface area contributed by atoms with Crippen molar-refractivity contribution in [3.8, 4) is 0 Å². The molecule has 0 amide bonds. The molecular formula is C14H21N3O2S. The zero-order chi connectivity index (χ0) is 14.8. The van der Waals surface area contributed by atoms with Gasteiger partial charge in [-0.25, -0.2) is 8.42 Å². The first kappa shape index (κ1) is 14.8. The highest BCUT2D eigenvalue weighted by atomic mass is 32.2. The molecule has 0 spiro atoms. The van der Waals surface area contributed by atoms with E-state index in [4.69, 9.17) is 5.73 Å². The number of nitrogens with one attached hydrogen (secondary N) is 1. The Morgan fingerprint density at radius 1 is 1.35 bits per heavy atom. The van der Waals surface area contributed by atoms with Crippen LogP contribution in [0.2, 0.25) is 0 Å². The molecule has 0 aromatic heterocycles. The quantitative estimate of drug-likeness (QED) is 0.653. The minimum Gasteiger partial charge on any atom is -0.370 e. The van der Waals surface area contributed by atoms with Crippen molar-refractivity contribution in [3.05, 3.63) is 29.3 Å². The van der Waals surface area contributed by atoms with Gasteiger partial charge in [0.2, 0.25) is 0 Å². The van der Waals surface area contributed by atoms with Gasteiger partial charge in [0.25, 0.3) is 0 Å². The summed E-state index contributed by atoms with van der Waals surface area (Å²) in [5.74, 6) is 0.934. The van der Waals surface area contributed by atoms with E-state index in [2.05, 4.69) is 16.4 Å². The van der Waals surface area contributed by atoms with Gasteiger partial charge in [-0.1, -0.05) is 6.07 Å². The Morgan fingerprint density at radius 2 is 2.00 bits per heavy atom. The van der Waals surface area contributed by atoms with E-state index in [1.807, 2.05) is 26.0 Å². The molecule has 3 N–H and O–H groups in total. The number of benzene rings is 1. The van der Waals surface area contributed by atoms with Gasteiger partial charge in [-0.05, 0) is 49.4 Å². The van der Waals surface area contributed by atoms with Crippen molar-refractivity contribution in [2.75, 3.05) is 23.4 Å². The predicted molar refractivity (Wildman–Crippen MR) is 82.8 cm³/mol. The van der Waals surface area contributed by atoms with Gasteiger partial charge in [-0.3, -0.25) is 4.99 Å². The highest BCUT2D eigenvalue weighted by Crippen LogP contribution is 2.18. The lowest BCUT2D eigenvalue weighted by atomic mass is 10.1. The third-order valence-corrected chi connectivity index (χ3v) is 5.18. The average molecular weight is 295 g/mol. The summed E-state index contributed by atoms with van der Waals surface area (Å²) in [6.45, 7) is 4.51. The van der Waals surface area contributed by atoms with Crippen LogP contribution in [-0.4, -0.2) is 32.4 Å². The van der Waals surface area contributed by atoms with Crippen LogP contribution in [0.3, 0.4) is 0 Å². The van der Waals surface area contributed by atoms with Crippen LogP contribution < -0.4 is 11.1 Å². The third kappa shape index (κ3) is 4.23. The maximum atomic E-state index is 11.4. The van der Waals surface area contributed by atoms with Gasteiger partial charge in [0, 0.05) is 12.2 Å². The molecule has 1 fully saturated rings. The van der Waals surface area contributed by atoms with Crippen LogP contribution in [0, 0.1) is 19.8 Å². The smallest absolute Gasteiger partial charge is 0.193 e. The fraction of sp³-hybridized carbons (Fsp3) is 0.500. The number of aryl methyl sites for hydroxylation is 2. The molecule has 110 valence electrons. The number of nitrogens with two attached hydrogens (primary N) is 1. The van der Waals surface area contributed by atoms with Crippen molar-refractivity contribution < 1.29 is 8.42 Å². The molecule has 1 heterocycles. The summed E-state index contributed by atoms with van der Waals surface area (Å²) in [6.07, 6.45) is 0.683. The molecule has 1 aliphatic heterocycles. The lowest BCUT2D eigenvalue weighted by Crippen LogP contribution is -2.24. The number of aliphatic imine (C=N–C) groups is 1. The van der Waals surface area contributed by atoms with Crippen molar-refractivity contribution in [2.24, 2.45) is 16.6 Å². The van der Waals surface area contributed by atoms with Crippen LogP contribution in [-0.2, 0) is 9.84 Å². The lowest BCUT2D eigenvalue weighted by molar-refractivity contribution is 0.591. The first-order valence-corrected chi connectivity index (χ1v) is 8.52. The van der Waals surface area contributed by atoms with Crippen LogP contribution in [0.4, 0.5) is 5.69 Å². The second-order valence-corrected chi connectivity index (χ2v) is 7.73. The minimum atomic E-state index is -2.84. The van der Waals surface area contributed by atoms with E-state index in [1.54, 1.807) is 0 Å². The number of hydrogen-bond donors (Lipinski definition) is 2. The fourth-order valence-corrected chi connectivity index (χ4v) is 4.33. The molecule has 1 aliphatic rings. The van der Waals surface area contributed by atoms with Gasteiger partial charge < -0.3 is 11.1 Å². The van der Waals surface area contributed by atoms with Crippen molar-refractivity contribution in [1.29, 1.82) is 0 Å². The van der Waals surface area contributed by atoms with Gasteiger partial charge in [0.1, 0.15) is 0 Å². The van der Waals surface area contributed by atoms with E-state index in [1.165, 1.54) is 0 Å². The van der Waals surface area contributed by atoms with Gasteiger partial charge in [-0.2, -0.15) is 0 Å². The van der Waals surface area contributed by atoms with E-state index >= 15 is 0 Å². The zero-order valence-corrected chi connectivity index (χ0v) is 12.7. The number of rotatable bonds is 3. The summed E-state index contributed by atoms with van der Waals surface area (Å²) in [7, 11) is -2.84. The molecule has 6 heteroatoms. The predicted octanol–water partition coefficient (Wildman–Crippen LogP) is 1.46. The SMILES string of the molecule is Cc1cc(C)cc(NC(N)=NCC2CCS(=O)(=O)C2)c1. The first-order valence-electron chi connectivity index (χ1n) is 6.70. The second kappa shape index (κ2) is 5.83. The maximum Gasteiger partial charge on any atom is 0.193 e. The molecule has 1 aromatic carbocycles. The third-order valence-electron chi connectivity index (χ3n) is 3.34. The number of sulfone groups is 1. The van der Waals surface area contributed by atoms with E-state index in [0.29, 0.717) is 18.9 Å². The molecule has 1 atom stereocenters. The molecule has 5 nitrogen and oxygen atoms in total. The number of anilines is 1. The summed E-state index contributed by atoms with van der Waals surface area (Å²) in [5, 5.41) is 3.05. The van der Waals surface area contributed by atoms with E-state index < -0.39 is 9.84 Å². The Labute approximate surface area is 120 Å².